The number of hydrogen-bond acceptors (Lipinski definition) is 3. The first-order valence-electron chi connectivity index (χ1n) is 3.75. The molecular formula is C9H10NO2-. The van der Waals surface area contributed by atoms with E-state index in [9.17, 15) is 9.90 Å². The van der Waals surface area contributed by atoms with Gasteiger partial charge in [-0.15, -0.1) is 0 Å². The van der Waals surface area contributed by atoms with Crippen molar-refractivity contribution in [3.8, 4) is 0 Å². The van der Waals surface area contributed by atoms with E-state index in [0.717, 1.165) is 12.0 Å². The van der Waals surface area contributed by atoms with Gasteiger partial charge in [0, 0.05) is 11.3 Å². The average molecular weight is 164 g/mol. The van der Waals surface area contributed by atoms with E-state index < -0.39 is 5.97 Å². The molecule has 0 unspecified atom stereocenters. The first-order chi connectivity index (χ1) is 5.66. The number of carbonyl (C=O) groups is 1. The van der Waals surface area contributed by atoms with Gasteiger partial charge in [0.1, 0.15) is 0 Å². The van der Waals surface area contributed by atoms with Crippen molar-refractivity contribution in [3.63, 3.8) is 0 Å². The van der Waals surface area contributed by atoms with Crippen LogP contribution < -0.4 is 10.8 Å². The second-order valence-electron chi connectivity index (χ2n) is 2.52. The third-order valence-corrected chi connectivity index (χ3v) is 1.80. The van der Waals surface area contributed by atoms with Crippen molar-refractivity contribution in [2.45, 2.75) is 13.3 Å². The lowest BCUT2D eigenvalue weighted by Crippen LogP contribution is -2.23. The van der Waals surface area contributed by atoms with E-state index in [-0.39, 0.29) is 5.56 Å². The minimum atomic E-state index is -1.22. The molecule has 0 saturated heterocycles. The molecule has 0 fully saturated rings. The van der Waals surface area contributed by atoms with E-state index in [1.165, 1.54) is 6.07 Å². The van der Waals surface area contributed by atoms with Gasteiger partial charge >= 0.3 is 0 Å². The number of carbonyl (C=O) groups excluding carboxylic acids is 1. The molecule has 3 heteroatoms. The molecule has 0 spiro atoms. The zero-order valence-electron chi connectivity index (χ0n) is 6.83. The molecule has 1 aromatic rings. The third kappa shape index (κ3) is 1.39. The number of hydrogen-bond donors (Lipinski definition) is 1. The number of para-hydroxylation sites is 1. The molecule has 64 valence electrons. The van der Waals surface area contributed by atoms with Crippen molar-refractivity contribution in [2.24, 2.45) is 0 Å². The number of anilines is 1. The molecule has 0 heterocycles. The summed E-state index contributed by atoms with van der Waals surface area (Å²) in [6.07, 6.45) is 0.729. The number of nitrogen functional groups attached to an aromatic ring is 1. The Balaban J connectivity index is 3.23. The number of nitrogens with two attached hydrogens (primary N) is 1. The lowest BCUT2D eigenvalue weighted by molar-refractivity contribution is -0.254. The molecule has 0 aromatic heterocycles. The summed E-state index contributed by atoms with van der Waals surface area (Å²) >= 11 is 0. The van der Waals surface area contributed by atoms with Crippen LogP contribution in [0.2, 0.25) is 0 Å². The van der Waals surface area contributed by atoms with Crippen molar-refractivity contribution >= 4 is 11.7 Å². The van der Waals surface area contributed by atoms with Crippen LogP contribution in [0.1, 0.15) is 22.8 Å². The Kier molecular flexibility index (Phi) is 2.33. The van der Waals surface area contributed by atoms with E-state index in [1.807, 2.05) is 13.0 Å². The highest BCUT2D eigenvalue weighted by Gasteiger charge is 2.02. The first kappa shape index (κ1) is 8.59. The Morgan fingerprint density at radius 2 is 2.25 bits per heavy atom. The van der Waals surface area contributed by atoms with Crippen molar-refractivity contribution in [3.05, 3.63) is 29.3 Å². The summed E-state index contributed by atoms with van der Waals surface area (Å²) in [5, 5.41) is 10.5. The summed E-state index contributed by atoms with van der Waals surface area (Å²) in [5.74, 6) is -1.22. The first-order valence-corrected chi connectivity index (χ1v) is 3.75. The van der Waals surface area contributed by atoms with Crippen LogP contribution in [0.3, 0.4) is 0 Å². The number of aryl methyl sites for hydroxylation is 1. The molecule has 2 N–H and O–H groups in total. The summed E-state index contributed by atoms with van der Waals surface area (Å²) in [6.45, 7) is 1.92. The van der Waals surface area contributed by atoms with Crippen molar-refractivity contribution < 1.29 is 9.90 Å². The van der Waals surface area contributed by atoms with E-state index in [0.29, 0.717) is 5.69 Å². The van der Waals surface area contributed by atoms with Crippen LogP contribution in [0, 0.1) is 0 Å². The fraction of sp³-hybridized carbons (Fsp3) is 0.222. The Morgan fingerprint density at radius 1 is 1.58 bits per heavy atom. The third-order valence-electron chi connectivity index (χ3n) is 1.80. The van der Waals surface area contributed by atoms with Crippen LogP contribution in [-0.2, 0) is 6.42 Å². The van der Waals surface area contributed by atoms with Gasteiger partial charge in [-0.3, -0.25) is 0 Å². The number of carboxylic acid groups (broad SMARTS) is 1. The fourth-order valence-corrected chi connectivity index (χ4v) is 1.10. The number of aromatic carboxylic acids is 1. The van der Waals surface area contributed by atoms with E-state index in [2.05, 4.69) is 0 Å². The van der Waals surface area contributed by atoms with Crippen LogP contribution in [0.25, 0.3) is 0 Å². The normalized spacial score (nSPS) is 9.75. The molecule has 0 aliphatic heterocycles. The quantitative estimate of drug-likeness (QED) is 0.635. The van der Waals surface area contributed by atoms with Gasteiger partial charge in [0.2, 0.25) is 0 Å². The molecule has 1 aromatic carbocycles. The van der Waals surface area contributed by atoms with Crippen LogP contribution in [0.15, 0.2) is 18.2 Å². The van der Waals surface area contributed by atoms with Crippen LogP contribution >= 0.6 is 0 Å². The molecule has 0 aliphatic rings. The predicted molar refractivity (Wildman–Crippen MR) is 44.6 cm³/mol. The molecule has 0 bridgehead atoms. The molecule has 0 radical (unpaired) electrons. The lowest BCUT2D eigenvalue weighted by atomic mass is 10.1. The van der Waals surface area contributed by atoms with Gasteiger partial charge in [-0.25, -0.2) is 0 Å². The van der Waals surface area contributed by atoms with Crippen LogP contribution in [0.4, 0.5) is 5.69 Å². The number of carboxylic acids is 1. The monoisotopic (exact) mass is 164 g/mol. The predicted octanol–water partition coefficient (Wildman–Crippen LogP) is 0.195. The maximum absolute atomic E-state index is 10.5. The zero-order chi connectivity index (χ0) is 9.14. The fourth-order valence-electron chi connectivity index (χ4n) is 1.10. The van der Waals surface area contributed by atoms with Crippen molar-refractivity contribution in [1.29, 1.82) is 0 Å². The maximum Gasteiger partial charge on any atom is 0.0736 e. The van der Waals surface area contributed by atoms with Crippen molar-refractivity contribution in [1.82, 2.24) is 0 Å². The highest BCUT2D eigenvalue weighted by atomic mass is 16.4. The van der Waals surface area contributed by atoms with E-state index in [4.69, 9.17) is 5.73 Å². The van der Waals surface area contributed by atoms with Gasteiger partial charge in [-0.1, -0.05) is 25.1 Å². The molecule has 12 heavy (non-hydrogen) atoms. The number of rotatable bonds is 2. The average Bonchev–Trinajstić information content (AvgIpc) is 2.04. The second kappa shape index (κ2) is 3.26. The summed E-state index contributed by atoms with van der Waals surface area (Å²) < 4.78 is 0. The summed E-state index contributed by atoms with van der Waals surface area (Å²) in [5.41, 5.74) is 6.82. The Bertz CT molecular complexity index is 307. The largest absolute Gasteiger partial charge is 0.545 e. The van der Waals surface area contributed by atoms with Gasteiger partial charge in [0.15, 0.2) is 0 Å². The molecule has 0 saturated carbocycles. The molecule has 3 nitrogen and oxygen atoms in total. The smallest absolute Gasteiger partial charge is 0.0736 e. The van der Waals surface area contributed by atoms with Gasteiger partial charge in [-0.2, -0.15) is 0 Å². The summed E-state index contributed by atoms with van der Waals surface area (Å²) in [6, 6.07) is 4.92. The molecule has 1 rings (SSSR count). The maximum atomic E-state index is 10.5. The van der Waals surface area contributed by atoms with Gasteiger partial charge in [0.05, 0.1) is 5.97 Å². The SMILES string of the molecule is CCc1cccc(C(=O)[O-])c1N. The minimum absolute atomic E-state index is 0.0781. The molecule has 0 atom stereocenters. The second-order valence-corrected chi connectivity index (χ2v) is 2.52. The Morgan fingerprint density at radius 3 is 2.75 bits per heavy atom. The number of benzene rings is 1. The highest BCUT2D eigenvalue weighted by molar-refractivity contribution is 5.92. The summed E-state index contributed by atoms with van der Waals surface area (Å²) in [4.78, 5) is 10.5. The lowest BCUT2D eigenvalue weighted by Gasteiger charge is -2.09. The van der Waals surface area contributed by atoms with Crippen LogP contribution in [0.5, 0.6) is 0 Å². The molecule has 0 aliphatic carbocycles. The van der Waals surface area contributed by atoms with E-state index >= 15 is 0 Å². The zero-order valence-corrected chi connectivity index (χ0v) is 6.83. The minimum Gasteiger partial charge on any atom is -0.545 e. The van der Waals surface area contributed by atoms with Crippen LogP contribution in [-0.4, -0.2) is 5.97 Å². The highest BCUT2D eigenvalue weighted by Crippen LogP contribution is 2.16. The summed E-state index contributed by atoms with van der Waals surface area (Å²) in [7, 11) is 0. The standard InChI is InChI=1S/C9H11NO2/c1-2-6-4-3-5-7(8(6)10)9(11)12/h3-5H,2,10H2,1H3,(H,11,12)/p-1. The van der Waals surface area contributed by atoms with E-state index in [1.54, 1.807) is 6.07 Å². The Hall–Kier alpha value is -1.51. The topological polar surface area (TPSA) is 66.1 Å². The van der Waals surface area contributed by atoms with Gasteiger partial charge in [0.25, 0.3) is 0 Å². The molecule has 0 amide bonds. The van der Waals surface area contributed by atoms with Gasteiger partial charge in [-0.05, 0) is 12.0 Å². The Labute approximate surface area is 70.8 Å². The van der Waals surface area contributed by atoms with Gasteiger partial charge < -0.3 is 15.6 Å². The molecular weight excluding hydrogens is 154 g/mol. The van der Waals surface area contributed by atoms with Crippen molar-refractivity contribution in [2.75, 3.05) is 5.73 Å².